The molecule has 0 radical (unpaired) electrons. The van der Waals surface area contributed by atoms with Crippen LogP contribution in [0.25, 0.3) is 0 Å². The Hall–Kier alpha value is -0.800. The Bertz CT molecular complexity index is 491. The molecule has 19 heavy (non-hydrogen) atoms. The van der Waals surface area contributed by atoms with E-state index in [1.54, 1.807) is 18.2 Å². The minimum absolute atomic E-state index is 0.0276. The minimum atomic E-state index is -0.361. The SMILES string of the molecule is CC1(C)C(Nc2cccc(Cl)c2F)C2CCCOC21. The highest BCUT2D eigenvalue weighted by Crippen LogP contribution is 2.52. The molecule has 1 N–H and O–H groups in total. The summed E-state index contributed by atoms with van der Waals surface area (Å²) in [6.07, 6.45) is 2.53. The summed E-state index contributed by atoms with van der Waals surface area (Å²) in [6.45, 7) is 5.21. The Labute approximate surface area is 118 Å². The first kappa shape index (κ1) is 13.2. The van der Waals surface area contributed by atoms with Gasteiger partial charge in [0, 0.05) is 24.0 Å². The molecule has 1 aromatic rings. The molecule has 3 rings (SSSR count). The monoisotopic (exact) mass is 283 g/mol. The number of benzene rings is 1. The first-order valence-corrected chi connectivity index (χ1v) is 7.22. The Morgan fingerprint density at radius 2 is 2.21 bits per heavy atom. The maximum Gasteiger partial charge on any atom is 0.164 e. The maximum absolute atomic E-state index is 14.0. The predicted molar refractivity (Wildman–Crippen MR) is 75.1 cm³/mol. The molecule has 2 fully saturated rings. The molecule has 2 aliphatic rings. The molecule has 1 heterocycles. The van der Waals surface area contributed by atoms with Crippen LogP contribution in [0, 0.1) is 17.2 Å². The van der Waals surface area contributed by atoms with Gasteiger partial charge in [-0.25, -0.2) is 4.39 Å². The van der Waals surface area contributed by atoms with Crippen LogP contribution in [-0.2, 0) is 4.74 Å². The molecule has 0 bridgehead atoms. The molecule has 3 unspecified atom stereocenters. The van der Waals surface area contributed by atoms with E-state index in [0.29, 0.717) is 17.7 Å². The van der Waals surface area contributed by atoms with Gasteiger partial charge in [0.25, 0.3) is 0 Å². The summed E-state index contributed by atoms with van der Waals surface area (Å²) in [6, 6.07) is 5.33. The van der Waals surface area contributed by atoms with Crippen molar-refractivity contribution in [1.29, 1.82) is 0 Å². The van der Waals surface area contributed by atoms with Gasteiger partial charge in [0.1, 0.15) is 0 Å². The lowest BCUT2D eigenvalue weighted by Gasteiger charge is -2.60. The van der Waals surface area contributed by atoms with Crippen molar-refractivity contribution in [3.05, 3.63) is 29.0 Å². The highest BCUT2D eigenvalue weighted by atomic mass is 35.5. The Balaban J connectivity index is 1.81. The maximum atomic E-state index is 14.0. The van der Waals surface area contributed by atoms with Gasteiger partial charge < -0.3 is 10.1 Å². The van der Waals surface area contributed by atoms with Gasteiger partial charge >= 0.3 is 0 Å². The highest BCUT2D eigenvalue weighted by molar-refractivity contribution is 6.31. The van der Waals surface area contributed by atoms with E-state index in [-0.39, 0.29) is 22.3 Å². The zero-order chi connectivity index (χ0) is 13.6. The molecule has 1 saturated carbocycles. The summed E-state index contributed by atoms with van der Waals surface area (Å²) in [5, 5.41) is 3.50. The third kappa shape index (κ3) is 2.03. The highest BCUT2D eigenvalue weighted by Gasteiger charge is 2.58. The van der Waals surface area contributed by atoms with Gasteiger partial charge in [-0.15, -0.1) is 0 Å². The average molecular weight is 284 g/mol. The van der Waals surface area contributed by atoms with Crippen LogP contribution in [0.2, 0.25) is 5.02 Å². The second kappa shape index (κ2) is 4.64. The molecule has 4 heteroatoms. The van der Waals surface area contributed by atoms with Crippen LogP contribution in [-0.4, -0.2) is 18.8 Å². The average Bonchev–Trinajstić information content (AvgIpc) is 2.40. The molecule has 2 nitrogen and oxygen atoms in total. The van der Waals surface area contributed by atoms with Crippen molar-refractivity contribution >= 4 is 17.3 Å². The zero-order valence-corrected chi connectivity index (χ0v) is 12.0. The van der Waals surface area contributed by atoms with E-state index >= 15 is 0 Å². The second-order valence-electron chi connectivity index (χ2n) is 6.14. The third-order valence-electron chi connectivity index (χ3n) is 4.59. The number of rotatable bonds is 2. The number of halogens is 2. The molecular weight excluding hydrogens is 265 g/mol. The molecule has 1 saturated heterocycles. The van der Waals surface area contributed by atoms with Gasteiger partial charge in [-0.05, 0) is 25.0 Å². The van der Waals surface area contributed by atoms with Gasteiger partial charge in [-0.1, -0.05) is 31.5 Å². The summed E-state index contributed by atoms with van der Waals surface area (Å²) in [4.78, 5) is 0. The van der Waals surface area contributed by atoms with Crippen LogP contribution in [0.3, 0.4) is 0 Å². The second-order valence-corrected chi connectivity index (χ2v) is 6.55. The standard InChI is InChI=1S/C15H19ClFNO/c1-15(2)13(9-5-4-8-19-14(9)15)18-11-7-3-6-10(16)12(11)17/h3,6-7,9,13-14,18H,4-5,8H2,1-2H3. The lowest BCUT2D eigenvalue weighted by molar-refractivity contribution is -0.177. The first-order chi connectivity index (χ1) is 9.01. The number of hydrogen-bond acceptors (Lipinski definition) is 2. The van der Waals surface area contributed by atoms with Crippen molar-refractivity contribution in [2.24, 2.45) is 11.3 Å². The van der Waals surface area contributed by atoms with Gasteiger partial charge in [0.05, 0.1) is 16.8 Å². The van der Waals surface area contributed by atoms with Gasteiger partial charge in [0.2, 0.25) is 0 Å². The van der Waals surface area contributed by atoms with Crippen molar-refractivity contribution in [3.8, 4) is 0 Å². The van der Waals surface area contributed by atoms with Crippen LogP contribution < -0.4 is 5.32 Å². The minimum Gasteiger partial charge on any atom is -0.379 e. The number of nitrogens with one attached hydrogen (secondary N) is 1. The van der Waals surface area contributed by atoms with Crippen molar-refractivity contribution in [2.45, 2.75) is 38.8 Å². The Morgan fingerprint density at radius 1 is 1.42 bits per heavy atom. The fraction of sp³-hybridized carbons (Fsp3) is 0.600. The molecule has 1 aliphatic carbocycles. The topological polar surface area (TPSA) is 21.3 Å². The van der Waals surface area contributed by atoms with Crippen LogP contribution in [0.4, 0.5) is 10.1 Å². The first-order valence-electron chi connectivity index (χ1n) is 6.84. The summed E-state index contributed by atoms with van der Waals surface area (Å²) < 4.78 is 19.8. The number of anilines is 1. The molecule has 3 atom stereocenters. The van der Waals surface area contributed by atoms with Crippen LogP contribution in [0.5, 0.6) is 0 Å². The van der Waals surface area contributed by atoms with E-state index in [2.05, 4.69) is 19.2 Å². The van der Waals surface area contributed by atoms with Crippen molar-refractivity contribution in [1.82, 2.24) is 0 Å². The van der Waals surface area contributed by atoms with Crippen LogP contribution >= 0.6 is 11.6 Å². The summed E-state index contributed by atoms with van der Waals surface area (Å²) in [7, 11) is 0. The van der Waals surface area contributed by atoms with Crippen LogP contribution in [0.1, 0.15) is 26.7 Å². The predicted octanol–water partition coefficient (Wildman–Crippen LogP) is 4.09. The molecule has 0 spiro atoms. The molecule has 0 amide bonds. The number of fused-ring (bicyclic) bond motifs is 1. The molecule has 0 aromatic heterocycles. The largest absolute Gasteiger partial charge is 0.379 e. The molecular formula is C15H19ClFNO. The van der Waals surface area contributed by atoms with Crippen molar-refractivity contribution in [2.75, 3.05) is 11.9 Å². The quantitative estimate of drug-likeness (QED) is 0.882. The lowest BCUT2D eigenvalue weighted by Crippen LogP contribution is -2.67. The van der Waals surface area contributed by atoms with Gasteiger partial charge in [0.15, 0.2) is 5.82 Å². The normalized spacial score (nSPS) is 32.3. The smallest absolute Gasteiger partial charge is 0.164 e. The van der Waals surface area contributed by atoms with E-state index in [1.165, 1.54) is 0 Å². The number of ether oxygens (including phenoxy) is 1. The Kier molecular flexibility index (Phi) is 3.22. The summed E-state index contributed by atoms with van der Waals surface area (Å²) in [5.74, 6) is 0.113. The molecule has 104 valence electrons. The third-order valence-corrected chi connectivity index (χ3v) is 4.89. The van der Waals surface area contributed by atoms with Crippen molar-refractivity contribution in [3.63, 3.8) is 0 Å². The fourth-order valence-electron chi connectivity index (χ4n) is 3.60. The van der Waals surface area contributed by atoms with E-state index in [4.69, 9.17) is 16.3 Å². The lowest BCUT2D eigenvalue weighted by atomic mass is 9.55. The summed E-state index contributed by atoms with van der Waals surface area (Å²) >= 11 is 5.83. The van der Waals surface area contributed by atoms with Crippen LogP contribution in [0.15, 0.2) is 18.2 Å². The van der Waals surface area contributed by atoms with E-state index < -0.39 is 0 Å². The summed E-state index contributed by atoms with van der Waals surface area (Å²) in [5.41, 5.74) is 0.523. The van der Waals surface area contributed by atoms with E-state index in [1.807, 2.05) is 0 Å². The fourth-order valence-corrected chi connectivity index (χ4v) is 3.77. The van der Waals surface area contributed by atoms with E-state index in [0.717, 1.165) is 19.4 Å². The molecule has 1 aliphatic heterocycles. The van der Waals surface area contributed by atoms with Gasteiger partial charge in [-0.3, -0.25) is 0 Å². The van der Waals surface area contributed by atoms with Gasteiger partial charge in [-0.2, -0.15) is 0 Å². The molecule has 1 aromatic carbocycles. The Morgan fingerprint density at radius 3 is 3.00 bits per heavy atom. The van der Waals surface area contributed by atoms with Crippen molar-refractivity contribution < 1.29 is 9.13 Å². The van der Waals surface area contributed by atoms with E-state index in [9.17, 15) is 4.39 Å². The number of hydrogen-bond donors (Lipinski definition) is 1. The zero-order valence-electron chi connectivity index (χ0n) is 11.2.